The number of carbonyl (C=O) groups is 1. The fraction of sp³-hybridized carbons (Fsp3) is 0.912. The maximum Gasteiger partial charge on any atom is 0.192 e. The monoisotopic (exact) mass is 512 g/mol. The van der Waals surface area contributed by atoms with Gasteiger partial charge in [0.25, 0.3) is 0 Å². The predicted molar refractivity (Wildman–Crippen MR) is 156 cm³/mol. The first-order valence-corrected chi connectivity index (χ1v) is 17.0. The molecule has 4 saturated carbocycles. The summed E-state index contributed by atoms with van der Waals surface area (Å²) in [6.07, 6.45) is 24.2. The summed E-state index contributed by atoms with van der Waals surface area (Å²) in [5, 5.41) is 1.08. The number of allylic oxidation sites excluding steroid dienone is 2. The summed E-state index contributed by atoms with van der Waals surface area (Å²) >= 11 is 1.76. The predicted octanol–water partition coefficient (Wildman–Crippen LogP) is 10.2. The van der Waals surface area contributed by atoms with Crippen LogP contribution in [0.15, 0.2) is 11.6 Å². The van der Waals surface area contributed by atoms with Crippen molar-refractivity contribution in [2.45, 2.75) is 143 Å². The average Bonchev–Trinajstić information content (AvgIpc) is 3.22. The molecule has 0 heterocycles. The van der Waals surface area contributed by atoms with Crippen LogP contribution in [0.25, 0.3) is 0 Å². The normalized spacial score (nSPS) is 41.8. The van der Waals surface area contributed by atoms with Crippen molar-refractivity contribution >= 4 is 16.9 Å². The van der Waals surface area contributed by atoms with Gasteiger partial charge in [0.1, 0.15) is 0 Å². The molecular formula is C34H56OS. The third-order valence-corrected chi connectivity index (χ3v) is 13.8. The van der Waals surface area contributed by atoms with E-state index in [1.54, 1.807) is 17.3 Å². The fourth-order valence-electron chi connectivity index (χ4n) is 10.4. The van der Waals surface area contributed by atoms with Crippen LogP contribution >= 0.6 is 11.8 Å². The minimum atomic E-state index is 0.362. The van der Waals surface area contributed by atoms with Crippen LogP contribution < -0.4 is 0 Å². The molecule has 204 valence electrons. The summed E-state index contributed by atoms with van der Waals surface area (Å²) in [7, 11) is 0. The van der Waals surface area contributed by atoms with E-state index in [9.17, 15) is 4.79 Å². The first-order chi connectivity index (χ1) is 17.2. The third kappa shape index (κ3) is 5.16. The van der Waals surface area contributed by atoms with Gasteiger partial charge in [0.15, 0.2) is 5.12 Å². The molecule has 0 aromatic heterocycles. The highest BCUT2D eigenvalue weighted by atomic mass is 32.2. The Bertz CT molecular complexity index is 808. The van der Waals surface area contributed by atoms with Crippen molar-refractivity contribution in [2.75, 3.05) is 0 Å². The second-order valence-corrected chi connectivity index (χ2v) is 16.2. The van der Waals surface area contributed by atoms with Crippen LogP contribution in [0, 0.1) is 52.3 Å². The molecule has 8 unspecified atom stereocenters. The van der Waals surface area contributed by atoms with Gasteiger partial charge >= 0.3 is 0 Å². The lowest BCUT2D eigenvalue weighted by molar-refractivity contribution is -0.115. The highest BCUT2D eigenvalue weighted by Crippen LogP contribution is 2.67. The molecule has 0 aromatic carbocycles. The van der Waals surface area contributed by atoms with Crippen molar-refractivity contribution in [1.82, 2.24) is 0 Å². The lowest BCUT2D eigenvalue weighted by Gasteiger charge is -2.58. The Balaban J connectivity index is 1.23. The van der Waals surface area contributed by atoms with Crippen LogP contribution in [0.2, 0.25) is 0 Å². The average molecular weight is 513 g/mol. The minimum Gasteiger partial charge on any atom is -0.287 e. The van der Waals surface area contributed by atoms with E-state index in [0.29, 0.717) is 27.1 Å². The summed E-state index contributed by atoms with van der Waals surface area (Å²) < 4.78 is 0. The van der Waals surface area contributed by atoms with E-state index >= 15 is 0 Å². The van der Waals surface area contributed by atoms with Crippen LogP contribution in [0.3, 0.4) is 0 Å². The Hall–Kier alpha value is -0.240. The molecule has 0 aliphatic heterocycles. The van der Waals surface area contributed by atoms with E-state index in [-0.39, 0.29) is 0 Å². The highest BCUT2D eigenvalue weighted by Gasteiger charge is 2.59. The molecule has 0 saturated heterocycles. The van der Waals surface area contributed by atoms with E-state index < -0.39 is 0 Å². The molecular weight excluding hydrogens is 456 g/mol. The smallest absolute Gasteiger partial charge is 0.192 e. The molecule has 8 atom stereocenters. The number of hydrogen-bond acceptors (Lipinski definition) is 2. The molecule has 0 N–H and O–H groups in total. The van der Waals surface area contributed by atoms with E-state index in [2.05, 4.69) is 40.7 Å². The van der Waals surface area contributed by atoms with E-state index in [1.165, 1.54) is 89.9 Å². The summed E-state index contributed by atoms with van der Waals surface area (Å²) in [5.41, 5.74) is 2.75. The van der Waals surface area contributed by atoms with Gasteiger partial charge in [-0.25, -0.2) is 0 Å². The first-order valence-electron chi connectivity index (χ1n) is 16.1. The molecule has 5 aliphatic carbocycles. The lowest BCUT2D eigenvalue weighted by Crippen LogP contribution is -2.50. The van der Waals surface area contributed by atoms with Gasteiger partial charge in [-0.2, -0.15) is 0 Å². The van der Waals surface area contributed by atoms with Crippen molar-refractivity contribution in [3.8, 4) is 0 Å². The van der Waals surface area contributed by atoms with Gasteiger partial charge in [-0.1, -0.05) is 96.6 Å². The van der Waals surface area contributed by atoms with Crippen molar-refractivity contribution in [3.05, 3.63) is 11.6 Å². The zero-order valence-corrected chi connectivity index (χ0v) is 25.1. The fourth-order valence-corrected chi connectivity index (χ4v) is 11.6. The second kappa shape index (κ2) is 11.1. The number of thioether (sulfide) groups is 1. The minimum absolute atomic E-state index is 0.362. The van der Waals surface area contributed by atoms with E-state index in [0.717, 1.165) is 48.3 Å². The molecule has 5 rings (SSSR count). The quantitative estimate of drug-likeness (QED) is 0.316. The molecule has 1 nitrogen and oxygen atoms in total. The molecule has 4 fully saturated rings. The Labute approximate surface area is 227 Å². The van der Waals surface area contributed by atoms with Crippen LogP contribution in [-0.2, 0) is 4.79 Å². The zero-order chi connectivity index (χ0) is 25.5. The van der Waals surface area contributed by atoms with Crippen molar-refractivity contribution in [1.29, 1.82) is 0 Å². The Morgan fingerprint density at radius 1 is 0.944 bits per heavy atom. The molecule has 0 bridgehead atoms. The van der Waals surface area contributed by atoms with Crippen LogP contribution in [0.5, 0.6) is 0 Å². The molecule has 5 aliphatic rings. The molecule has 0 aromatic rings. The highest BCUT2D eigenvalue weighted by molar-refractivity contribution is 8.14. The third-order valence-electron chi connectivity index (χ3n) is 12.5. The Morgan fingerprint density at radius 3 is 2.47 bits per heavy atom. The number of fused-ring (bicyclic) bond motifs is 5. The second-order valence-electron chi connectivity index (χ2n) is 14.9. The molecule has 0 amide bonds. The summed E-state index contributed by atoms with van der Waals surface area (Å²) in [6.45, 7) is 12.7. The topological polar surface area (TPSA) is 17.1 Å². The summed E-state index contributed by atoms with van der Waals surface area (Å²) in [6, 6.07) is 0. The molecule has 2 heteroatoms. The molecule has 36 heavy (non-hydrogen) atoms. The summed E-state index contributed by atoms with van der Waals surface area (Å²) in [4.78, 5) is 13.0. The van der Waals surface area contributed by atoms with Gasteiger partial charge in [-0.15, -0.1) is 0 Å². The van der Waals surface area contributed by atoms with Crippen LogP contribution in [-0.4, -0.2) is 10.4 Å². The van der Waals surface area contributed by atoms with Gasteiger partial charge in [0.2, 0.25) is 0 Å². The number of carbonyl (C=O) groups excluding carboxylic acids is 1. The number of rotatable bonds is 7. The van der Waals surface area contributed by atoms with Gasteiger partial charge in [0, 0.05) is 11.2 Å². The van der Waals surface area contributed by atoms with Crippen LogP contribution in [0.1, 0.15) is 137 Å². The van der Waals surface area contributed by atoms with Crippen molar-refractivity contribution in [3.63, 3.8) is 0 Å². The van der Waals surface area contributed by atoms with E-state index in [4.69, 9.17) is 0 Å². The van der Waals surface area contributed by atoms with Gasteiger partial charge in [0.05, 0.1) is 0 Å². The summed E-state index contributed by atoms with van der Waals surface area (Å²) in [5.74, 6) is 5.82. The standard InChI is InChI=1S/C34H56OS/c1-23(2)10-9-11-24(3)29-16-17-30-28-15-14-26-22-27(36-32(35)25-12-7-6-8-13-25)18-20-33(26,4)31(28)19-21-34(29,30)5/h14,23-25,27-31H,6-13,15-22H2,1-5H3. The SMILES string of the molecule is CC(C)CCCC(C)C1CCC2C3CC=C4CC(SC(=O)C5CCCCC5)CCC4(C)C3CCC12C. The van der Waals surface area contributed by atoms with Crippen molar-refractivity contribution < 1.29 is 4.79 Å². The maximum atomic E-state index is 13.0. The van der Waals surface area contributed by atoms with Gasteiger partial charge < -0.3 is 0 Å². The first kappa shape index (κ1) is 27.3. The Morgan fingerprint density at radius 2 is 1.72 bits per heavy atom. The van der Waals surface area contributed by atoms with E-state index in [1.807, 2.05) is 0 Å². The zero-order valence-electron chi connectivity index (χ0n) is 24.3. The number of hydrogen-bond donors (Lipinski definition) is 0. The Kier molecular flexibility index (Phi) is 8.42. The lowest BCUT2D eigenvalue weighted by atomic mass is 9.47. The van der Waals surface area contributed by atoms with Gasteiger partial charge in [-0.05, 0) is 111 Å². The van der Waals surface area contributed by atoms with Crippen LogP contribution in [0.4, 0.5) is 0 Å². The molecule has 0 spiro atoms. The van der Waals surface area contributed by atoms with Crippen molar-refractivity contribution in [2.24, 2.45) is 52.3 Å². The van der Waals surface area contributed by atoms with Gasteiger partial charge in [-0.3, -0.25) is 4.79 Å². The maximum absolute atomic E-state index is 13.0. The molecule has 0 radical (unpaired) electrons. The largest absolute Gasteiger partial charge is 0.287 e.